The van der Waals surface area contributed by atoms with Crippen molar-refractivity contribution in [2.45, 2.75) is 57.9 Å². The van der Waals surface area contributed by atoms with Gasteiger partial charge in [-0.3, -0.25) is 5.32 Å². The Balaban J connectivity index is 1.93. The first-order valence-electron chi connectivity index (χ1n) is 8.48. The van der Waals surface area contributed by atoms with Gasteiger partial charge in [0.15, 0.2) is 0 Å². The van der Waals surface area contributed by atoms with E-state index in [0.29, 0.717) is 5.69 Å². The van der Waals surface area contributed by atoms with Crippen molar-refractivity contribution in [3.8, 4) is 0 Å². The monoisotopic (exact) mass is 369 g/mol. The summed E-state index contributed by atoms with van der Waals surface area (Å²) in [5.74, 6) is 0. The number of hydrogen-bond donors (Lipinski definition) is 5. The quantitative estimate of drug-likeness (QED) is 0.526. The van der Waals surface area contributed by atoms with Crippen molar-refractivity contribution in [1.82, 2.24) is 0 Å². The molecule has 1 aromatic carbocycles. The van der Waals surface area contributed by atoms with Gasteiger partial charge in [0.2, 0.25) is 6.29 Å². The molecule has 1 heterocycles. The summed E-state index contributed by atoms with van der Waals surface area (Å²) in [4.78, 5) is 12.0. The highest BCUT2D eigenvalue weighted by Gasteiger charge is 2.45. The molecule has 0 aliphatic carbocycles. The van der Waals surface area contributed by atoms with Crippen LogP contribution in [0.1, 0.15) is 26.3 Å². The molecule has 1 aliphatic heterocycles. The second kappa shape index (κ2) is 8.32. The SMILES string of the molecule is CC(C)(C)Cc1ccc(NC(=O)OC2OC(CO)C(O)C(O)C2O)cc1. The minimum Gasteiger partial charge on any atom is -0.416 e. The molecular weight excluding hydrogens is 342 g/mol. The van der Waals surface area contributed by atoms with Gasteiger partial charge in [0.1, 0.15) is 24.4 Å². The lowest BCUT2D eigenvalue weighted by molar-refractivity contribution is -0.283. The predicted octanol–water partition coefficient (Wildman–Crippen LogP) is 0.624. The van der Waals surface area contributed by atoms with E-state index in [0.717, 1.165) is 12.0 Å². The number of amides is 1. The molecule has 0 aromatic heterocycles. The van der Waals surface area contributed by atoms with Crippen LogP contribution in [0.3, 0.4) is 0 Å². The topological polar surface area (TPSA) is 128 Å². The van der Waals surface area contributed by atoms with E-state index < -0.39 is 43.4 Å². The zero-order valence-corrected chi connectivity index (χ0v) is 15.1. The number of rotatable bonds is 4. The normalized spacial score (nSPS) is 29.3. The molecule has 1 amide bonds. The van der Waals surface area contributed by atoms with Crippen LogP contribution in [0.15, 0.2) is 24.3 Å². The Kier molecular flexibility index (Phi) is 6.59. The molecule has 5 atom stereocenters. The van der Waals surface area contributed by atoms with Gasteiger partial charge in [-0.15, -0.1) is 0 Å². The third kappa shape index (κ3) is 5.39. The van der Waals surface area contributed by atoms with Crippen LogP contribution in [0, 0.1) is 5.41 Å². The Labute approximate surface area is 152 Å². The van der Waals surface area contributed by atoms with E-state index in [1.807, 2.05) is 12.1 Å². The molecule has 146 valence electrons. The lowest BCUT2D eigenvalue weighted by atomic mass is 9.88. The van der Waals surface area contributed by atoms with Crippen molar-refractivity contribution in [1.29, 1.82) is 0 Å². The largest absolute Gasteiger partial charge is 0.416 e. The number of aliphatic hydroxyl groups excluding tert-OH is 4. The highest BCUT2D eigenvalue weighted by atomic mass is 16.7. The van der Waals surface area contributed by atoms with Crippen molar-refractivity contribution >= 4 is 11.8 Å². The molecule has 0 bridgehead atoms. The number of carbonyl (C=O) groups excluding carboxylic acids is 1. The van der Waals surface area contributed by atoms with E-state index in [4.69, 9.17) is 14.6 Å². The Bertz CT molecular complexity index is 597. The number of ether oxygens (including phenoxy) is 2. The predicted molar refractivity (Wildman–Crippen MR) is 93.5 cm³/mol. The molecule has 8 nitrogen and oxygen atoms in total. The van der Waals surface area contributed by atoms with Gasteiger partial charge in [-0.2, -0.15) is 0 Å². The maximum atomic E-state index is 12.0. The second-order valence-corrected chi connectivity index (χ2v) is 7.66. The van der Waals surface area contributed by atoms with Gasteiger partial charge in [-0.1, -0.05) is 32.9 Å². The van der Waals surface area contributed by atoms with Gasteiger partial charge in [0.05, 0.1) is 6.61 Å². The smallest absolute Gasteiger partial charge is 0.414 e. The Morgan fingerprint density at radius 1 is 1.12 bits per heavy atom. The minimum atomic E-state index is -1.63. The summed E-state index contributed by atoms with van der Waals surface area (Å²) in [6, 6.07) is 7.26. The molecule has 8 heteroatoms. The summed E-state index contributed by atoms with van der Waals surface area (Å²) < 4.78 is 10.1. The zero-order valence-electron chi connectivity index (χ0n) is 15.1. The first-order chi connectivity index (χ1) is 12.1. The fraction of sp³-hybridized carbons (Fsp3) is 0.611. The van der Waals surface area contributed by atoms with Gasteiger partial charge < -0.3 is 29.9 Å². The maximum Gasteiger partial charge on any atom is 0.414 e. The fourth-order valence-corrected chi connectivity index (χ4v) is 2.74. The molecule has 5 unspecified atom stereocenters. The molecule has 2 rings (SSSR count). The molecule has 1 saturated heterocycles. The first kappa shape index (κ1) is 20.6. The number of aliphatic hydroxyl groups is 4. The van der Waals surface area contributed by atoms with E-state index in [1.54, 1.807) is 12.1 Å². The number of carbonyl (C=O) groups is 1. The Morgan fingerprint density at radius 2 is 1.73 bits per heavy atom. The summed E-state index contributed by atoms with van der Waals surface area (Å²) in [5.41, 5.74) is 1.78. The highest BCUT2D eigenvalue weighted by molar-refractivity contribution is 5.84. The van der Waals surface area contributed by atoms with E-state index in [2.05, 4.69) is 26.1 Å². The third-order valence-corrected chi connectivity index (χ3v) is 4.01. The Morgan fingerprint density at radius 3 is 2.27 bits per heavy atom. The van der Waals surface area contributed by atoms with Crippen LogP contribution in [0.5, 0.6) is 0 Å². The molecule has 1 aliphatic rings. The van der Waals surface area contributed by atoms with Crippen LogP contribution in [-0.2, 0) is 15.9 Å². The van der Waals surface area contributed by atoms with Gasteiger partial charge in [-0.05, 0) is 29.5 Å². The molecule has 5 N–H and O–H groups in total. The highest BCUT2D eigenvalue weighted by Crippen LogP contribution is 2.23. The van der Waals surface area contributed by atoms with E-state index >= 15 is 0 Å². The summed E-state index contributed by atoms with van der Waals surface area (Å²) in [5, 5.41) is 40.9. The van der Waals surface area contributed by atoms with E-state index in [1.165, 1.54) is 0 Å². The summed E-state index contributed by atoms with van der Waals surface area (Å²) in [6.07, 6.45) is -7.38. The molecule has 0 saturated carbocycles. The van der Waals surface area contributed by atoms with Crippen molar-refractivity contribution < 1.29 is 34.7 Å². The lowest BCUT2D eigenvalue weighted by Crippen LogP contribution is -2.59. The zero-order chi connectivity index (χ0) is 19.5. The molecule has 1 aromatic rings. The van der Waals surface area contributed by atoms with Crippen LogP contribution in [0.2, 0.25) is 0 Å². The molecular formula is C18H27NO7. The fourth-order valence-electron chi connectivity index (χ4n) is 2.74. The number of anilines is 1. The van der Waals surface area contributed by atoms with Gasteiger partial charge in [0.25, 0.3) is 0 Å². The first-order valence-corrected chi connectivity index (χ1v) is 8.48. The van der Waals surface area contributed by atoms with Crippen molar-refractivity contribution in [3.05, 3.63) is 29.8 Å². The Hall–Kier alpha value is -1.71. The van der Waals surface area contributed by atoms with Crippen LogP contribution >= 0.6 is 0 Å². The average Bonchev–Trinajstić information content (AvgIpc) is 2.56. The molecule has 26 heavy (non-hydrogen) atoms. The summed E-state index contributed by atoms with van der Waals surface area (Å²) in [7, 11) is 0. The van der Waals surface area contributed by atoms with Crippen LogP contribution < -0.4 is 5.32 Å². The second-order valence-electron chi connectivity index (χ2n) is 7.66. The van der Waals surface area contributed by atoms with Crippen molar-refractivity contribution in [3.63, 3.8) is 0 Å². The molecule has 1 fully saturated rings. The van der Waals surface area contributed by atoms with Gasteiger partial charge >= 0.3 is 6.09 Å². The number of nitrogens with one attached hydrogen (secondary N) is 1. The lowest BCUT2D eigenvalue weighted by Gasteiger charge is -2.39. The van der Waals surface area contributed by atoms with Crippen molar-refractivity contribution in [2.24, 2.45) is 5.41 Å². The minimum absolute atomic E-state index is 0.150. The van der Waals surface area contributed by atoms with E-state index in [9.17, 15) is 20.1 Å². The van der Waals surface area contributed by atoms with Crippen LogP contribution in [-0.4, -0.2) is 63.8 Å². The standard InChI is InChI=1S/C18H27NO7/c1-18(2,3)8-10-4-6-11(7-5-10)19-17(24)26-16-15(23)14(22)13(21)12(9-20)25-16/h4-7,12-16,20-23H,8-9H2,1-3H3,(H,19,24). The summed E-state index contributed by atoms with van der Waals surface area (Å²) >= 11 is 0. The van der Waals surface area contributed by atoms with Gasteiger partial charge in [0, 0.05) is 5.69 Å². The number of hydrogen-bond acceptors (Lipinski definition) is 7. The van der Waals surface area contributed by atoms with Crippen molar-refractivity contribution in [2.75, 3.05) is 11.9 Å². The van der Waals surface area contributed by atoms with Gasteiger partial charge in [-0.25, -0.2) is 4.79 Å². The van der Waals surface area contributed by atoms with Crippen LogP contribution in [0.25, 0.3) is 0 Å². The third-order valence-electron chi connectivity index (χ3n) is 4.01. The number of benzene rings is 1. The maximum absolute atomic E-state index is 12.0. The average molecular weight is 369 g/mol. The summed E-state index contributed by atoms with van der Waals surface area (Å²) in [6.45, 7) is 5.81. The molecule has 0 radical (unpaired) electrons. The van der Waals surface area contributed by atoms with E-state index in [-0.39, 0.29) is 5.41 Å². The van der Waals surface area contributed by atoms with Crippen LogP contribution in [0.4, 0.5) is 10.5 Å². The molecule has 0 spiro atoms.